The molecule has 0 aliphatic heterocycles. The number of carboxylic acids is 1. The van der Waals surface area contributed by atoms with Crippen molar-refractivity contribution in [1.29, 1.82) is 0 Å². The first-order valence-corrected chi connectivity index (χ1v) is 14.2. The lowest BCUT2D eigenvalue weighted by molar-refractivity contribution is -0.142. The summed E-state index contributed by atoms with van der Waals surface area (Å²) in [5.74, 6) is -1.37. The summed E-state index contributed by atoms with van der Waals surface area (Å²) in [5.41, 5.74) is -3.28. The molecule has 0 amide bonds. The van der Waals surface area contributed by atoms with Crippen molar-refractivity contribution in [1.82, 2.24) is 18.3 Å². The second-order valence-electron chi connectivity index (χ2n) is 10.4. The van der Waals surface area contributed by atoms with E-state index in [1.807, 2.05) is 0 Å². The van der Waals surface area contributed by atoms with Gasteiger partial charge in [0.2, 0.25) is 6.17 Å². The third kappa shape index (κ3) is 5.46. The molecule has 0 aliphatic rings. The van der Waals surface area contributed by atoms with E-state index >= 15 is 0 Å². The molecule has 14 heteroatoms. The lowest BCUT2D eigenvalue weighted by Gasteiger charge is -2.24. The van der Waals surface area contributed by atoms with Gasteiger partial charge in [-0.05, 0) is 39.8 Å². The molecule has 12 nitrogen and oxygen atoms in total. The molecule has 0 unspecified atom stereocenters. The van der Waals surface area contributed by atoms with Gasteiger partial charge >= 0.3 is 17.3 Å². The summed E-state index contributed by atoms with van der Waals surface area (Å²) in [7, 11) is 2.70. The number of hydrogen-bond donors (Lipinski definition) is 1. The van der Waals surface area contributed by atoms with Crippen LogP contribution in [-0.4, -0.2) is 43.6 Å². The Labute approximate surface area is 260 Å². The fourth-order valence-corrected chi connectivity index (χ4v) is 5.54. The summed E-state index contributed by atoms with van der Waals surface area (Å²) < 4.78 is 14.1. The van der Waals surface area contributed by atoms with Crippen LogP contribution in [0.25, 0.3) is 22.3 Å². The molecule has 0 atom stereocenters. The monoisotopic (exact) mass is 644 g/mol. The maximum atomic E-state index is 13.8. The SMILES string of the molecule is COc1c(Cl)cccc1-c1cn(C(C(=O)O)n2cc(-c3cccc(Cl)c3OC)c(=O)n(C(C)C)c2=O)c(=O)n(C(C)C)c1=O. The van der Waals surface area contributed by atoms with Crippen molar-refractivity contribution in [2.75, 3.05) is 14.2 Å². The first kappa shape index (κ1) is 32.4. The first-order chi connectivity index (χ1) is 20.8. The van der Waals surface area contributed by atoms with Gasteiger partial charge in [-0.2, -0.15) is 0 Å². The Bertz CT molecular complexity index is 1870. The summed E-state index contributed by atoms with van der Waals surface area (Å²) in [6.45, 7) is 6.32. The minimum absolute atomic E-state index is 0.106. The van der Waals surface area contributed by atoms with Crippen LogP contribution in [0.15, 0.2) is 68.0 Å². The van der Waals surface area contributed by atoms with E-state index in [1.54, 1.807) is 52.0 Å². The number of nitrogens with zero attached hydrogens (tertiary/aromatic N) is 4. The van der Waals surface area contributed by atoms with E-state index in [0.29, 0.717) is 0 Å². The number of halogens is 2. The molecule has 4 rings (SSSR count). The van der Waals surface area contributed by atoms with Crippen LogP contribution >= 0.6 is 23.2 Å². The highest BCUT2D eigenvalue weighted by Gasteiger charge is 2.31. The Balaban J connectivity index is 2.18. The zero-order chi connectivity index (χ0) is 32.6. The molecule has 2 heterocycles. The topological polar surface area (TPSA) is 144 Å². The highest BCUT2D eigenvalue weighted by Crippen LogP contribution is 2.36. The number of aliphatic carboxylic acids is 1. The predicted molar refractivity (Wildman–Crippen MR) is 167 cm³/mol. The third-order valence-electron chi connectivity index (χ3n) is 6.99. The fourth-order valence-electron chi connectivity index (χ4n) is 5.04. The van der Waals surface area contributed by atoms with Gasteiger partial charge in [-0.1, -0.05) is 47.5 Å². The summed E-state index contributed by atoms with van der Waals surface area (Å²) in [6.07, 6.45) is 0.0555. The van der Waals surface area contributed by atoms with Gasteiger partial charge in [0.05, 0.1) is 35.4 Å². The standard InChI is InChI=1S/C30H30Cl2N4O8/c1-15(2)35-26(37)19(17-9-7-11-21(31)23(17)43-5)13-33(29(35)41)25(28(39)40)34-14-20(27(38)36(16(3)4)30(34)42)18-10-8-12-22(32)24(18)44-6/h7-16,25H,1-6H3,(H,39,40). The van der Waals surface area contributed by atoms with Crippen molar-refractivity contribution < 1.29 is 19.4 Å². The molecule has 44 heavy (non-hydrogen) atoms. The van der Waals surface area contributed by atoms with Crippen molar-refractivity contribution in [3.8, 4) is 33.8 Å². The Hall–Kier alpha value is -4.55. The van der Waals surface area contributed by atoms with Crippen molar-refractivity contribution in [2.45, 2.75) is 45.9 Å². The van der Waals surface area contributed by atoms with Crippen LogP contribution in [0.3, 0.4) is 0 Å². The zero-order valence-electron chi connectivity index (χ0n) is 24.7. The normalized spacial score (nSPS) is 11.4. The van der Waals surface area contributed by atoms with Crippen LogP contribution in [-0.2, 0) is 4.79 Å². The highest BCUT2D eigenvalue weighted by molar-refractivity contribution is 6.33. The molecule has 0 radical (unpaired) electrons. The average Bonchev–Trinajstić information content (AvgIpc) is 2.94. The van der Waals surface area contributed by atoms with Gasteiger partial charge in [0.25, 0.3) is 11.1 Å². The van der Waals surface area contributed by atoms with Crippen molar-refractivity contribution in [3.05, 3.63) is 101 Å². The molecule has 0 spiro atoms. The van der Waals surface area contributed by atoms with Gasteiger partial charge in [-0.15, -0.1) is 0 Å². The van der Waals surface area contributed by atoms with Crippen LogP contribution in [0, 0.1) is 0 Å². The second-order valence-corrected chi connectivity index (χ2v) is 11.2. The van der Waals surface area contributed by atoms with E-state index in [0.717, 1.165) is 30.7 Å². The van der Waals surface area contributed by atoms with Gasteiger partial charge in [0, 0.05) is 35.6 Å². The van der Waals surface area contributed by atoms with Gasteiger partial charge in [-0.25, -0.2) is 14.4 Å². The van der Waals surface area contributed by atoms with E-state index in [1.165, 1.54) is 26.4 Å². The maximum absolute atomic E-state index is 13.8. The molecule has 0 saturated heterocycles. The number of para-hydroxylation sites is 2. The van der Waals surface area contributed by atoms with E-state index in [2.05, 4.69) is 0 Å². The minimum Gasteiger partial charge on any atom is -0.495 e. The molecule has 0 fully saturated rings. The Morgan fingerprint density at radius 1 is 0.682 bits per heavy atom. The number of benzene rings is 2. The fraction of sp³-hybridized carbons (Fsp3) is 0.300. The smallest absolute Gasteiger partial charge is 0.348 e. The van der Waals surface area contributed by atoms with E-state index in [9.17, 15) is 29.1 Å². The predicted octanol–water partition coefficient (Wildman–Crippen LogP) is 4.28. The van der Waals surface area contributed by atoms with E-state index in [4.69, 9.17) is 32.7 Å². The number of carbonyl (C=O) groups is 1. The van der Waals surface area contributed by atoms with Crippen LogP contribution < -0.4 is 32.0 Å². The molecule has 2 aromatic heterocycles. The molecule has 0 saturated carbocycles. The number of hydrogen-bond acceptors (Lipinski definition) is 7. The van der Waals surface area contributed by atoms with Gasteiger partial charge in [0.15, 0.2) is 0 Å². The van der Waals surface area contributed by atoms with Crippen LogP contribution in [0.1, 0.15) is 45.9 Å². The maximum Gasteiger partial charge on any atom is 0.348 e. The lowest BCUT2D eigenvalue weighted by atomic mass is 10.1. The molecule has 0 aliphatic carbocycles. The molecule has 1 N–H and O–H groups in total. The summed E-state index contributed by atoms with van der Waals surface area (Å²) >= 11 is 12.6. The Morgan fingerprint density at radius 2 is 1.05 bits per heavy atom. The molecule has 2 aromatic carbocycles. The highest BCUT2D eigenvalue weighted by atomic mass is 35.5. The number of rotatable bonds is 9. The number of methoxy groups -OCH3 is 2. The van der Waals surface area contributed by atoms with E-state index < -0.39 is 46.7 Å². The second kappa shape index (κ2) is 12.6. The Kier molecular flexibility index (Phi) is 9.26. The third-order valence-corrected chi connectivity index (χ3v) is 7.59. The number of carboxylic acid groups (broad SMARTS) is 1. The molecule has 232 valence electrons. The van der Waals surface area contributed by atoms with Gasteiger partial charge < -0.3 is 14.6 Å². The lowest BCUT2D eigenvalue weighted by Crippen LogP contribution is -2.50. The number of aromatic nitrogens is 4. The van der Waals surface area contributed by atoms with Crippen molar-refractivity contribution in [3.63, 3.8) is 0 Å². The minimum atomic E-state index is -2.04. The molecular formula is C30H30Cl2N4O8. The average molecular weight is 645 g/mol. The van der Waals surface area contributed by atoms with Crippen molar-refractivity contribution >= 4 is 29.2 Å². The summed E-state index contributed by atoms with van der Waals surface area (Å²) in [6, 6.07) is 7.86. The molecule has 0 bridgehead atoms. The summed E-state index contributed by atoms with van der Waals surface area (Å²) in [4.78, 5) is 68.0. The first-order valence-electron chi connectivity index (χ1n) is 13.4. The molecular weight excluding hydrogens is 615 g/mol. The van der Waals surface area contributed by atoms with E-state index in [-0.39, 0.29) is 43.8 Å². The van der Waals surface area contributed by atoms with Gasteiger partial charge in [0.1, 0.15) is 11.5 Å². The number of ether oxygens (including phenoxy) is 2. The van der Waals surface area contributed by atoms with Gasteiger partial charge in [-0.3, -0.25) is 27.9 Å². The summed E-state index contributed by atoms with van der Waals surface area (Å²) in [5, 5.41) is 10.9. The molecule has 4 aromatic rings. The quantitative estimate of drug-likeness (QED) is 0.284. The zero-order valence-corrected chi connectivity index (χ0v) is 26.2. The Morgan fingerprint density at radius 3 is 1.34 bits per heavy atom. The largest absolute Gasteiger partial charge is 0.495 e. The van der Waals surface area contributed by atoms with Crippen LogP contribution in [0.5, 0.6) is 11.5 Å². The van der Waals surface area contributed by atoms with Crippen LogP contribution in [0.4, 0.5) is 0 Å². The van der Waals surface area contributed by atoms with Crippen LogP contribution in [0.2, 0.25) is 10.0 Å². The van der Waals surface area contributed by atoms with Crippen molar-refractivity contribution in [2.24, 2.45) is 0 Å².